The van der Waals surface area contributed by atoms with Crippen LogP contribution in [0.5, 0.6) is 0 Å². The summed E-state index contributed by atoms with van der Waals surface area (Å²) in [5.41, 5.74) is 4.54. The molecule has 3 heterocycles. The number of aromatic amines is 2. The molecular formula is C20H21FN4O. The lowest BCUT2D eigenvalue weighted by Gasteiger charge is -2.32. The highest BCUT2D eigenvalue weighted by Crippen LogP contribution is 2.29. The van der Waals surface area contributed by atoms with Crippen molar-refractivity contribution in [2.24, 2.45) is 0 Å². The Balaban J connectivity index is 1.49. The molecule has 0 radical (unpaired) electrons. The van der Waals surface area contributed by atoms with E-state index in [0.29, 0.717) is 12.1 Å². The third-order valence-corrected chi connectivity index (χ3v) is 4.95. The third-order valence-electron chi connectivity index (χ3n) is 4.95. The van der Waals surface area contributed by atoms with Crippen molar-refractivity contribution in [3.05, 3.63) is 65.2 Å². The zero-order valence-electron chi connectivity index (χ0n) is 14.6. The first kappa shape index (κ1) is 16.6. The molecule has 0 saturated carbocycles. The van der Waals surface area contributed by atoms with E-state index in [2.05, 4.69) is 21.2 Å². The van der Waals surface area contributed by atoms with Crippen LogP contribution in [0.2, 0.25) is 0 Å². The molecule has 1 amide bonds. The molecule has 2 aromatic heterocycles. The van der Waals surface area contributed by atoms with Gasteiger partial charge in [-0.15, -0.1) is 0 Å². The van der Waals surface area contributed by atoms with E-state index < -0.39 is 0 Å². The third kappa shape index (κ3) is 3.27. The Morgan fingerprint density at radius 1 is 1.23 bits per heavy atom. The highest BCUT2D eigenvalue weighted by molar-refractivity contribution is 5.94. The molecule has 0 bridgehead atoms. The summed E-state index contributed by atoms with van der Waals surface area (Å²) in [5, 5.41) is 7.54. The molecule has 1 aliphatic heterocycles. The molecule has 0 spiro atoms. The van der Waals surface area contributed by atoms with Crippen molar-refractivity contribution < 1.29 is 9.18 Å². The zero-order chi connectivity index (χ0) is 18.1. The van der Waals surface area contributed by atoms with Gasteiger partial charge in [-0.05, 0) is 62.2 Å². The van der Waals surface area contributed by atoms with Gasteiger partial charge in [0, 0.05) is 36.0 Å². The van der Waals surface area contributed by atoms with Crippen molar-refractivity contribution in [2.75, 3.05) is 13.1 Å². The Bertz CT molecular complexity index is 912. The lowest BCUT2D eigenvalue weighted by atomic mass is 9.94. The maximum atomic E-state index is 13.1. The van der Waals surface area contributed by atoms with Crippen LogP contribution in [0.15, 0.2) is 42.5 Å². The predicted molar refractivity (Wildman–Crippen MR) is 97.4 cm³/mol. The summed E-state index contributed by atoms with van der Waals surface area (Å²) in [6, 6.07) is 11.8. The highest BCUT2D eigenvalue weighted by atomic mass is 19.1. The second kappa shape index (κ2) is 6.78. The number of aryl methyl sites for hydroxylation is 1. The van der Waals surface area contributed by atoms with Gasteiger partial charge in [-0.2, -0.15) is 5.10 Å². The van der Waals surface area contributed by atoms with Gasteiger partial charge in [0.05, 0.1) is 5.69 Å². The number of H-pyrrole nitrogens is 2. The summed E-state index contributed by atoms with van der Waals surface area (Å²) in [6.07, 6.45) is 1.95. The monoisotopic (exact) mass is 352 g/mol. The minimum atomic E-state index is -0.331. The Kier molecular flexibility index (Phi) is 4.32. The van der Waals surface area contributed by atoms with E-state index in [0.717, 1.165) is 42.2 Å². The van der Waals surface area contributed by atoms with Gasteiger partial charge in [0.2, 0.25) is 0 Å². The number of carbonyl (C=O) groups is 1. The van der Waals surface area contributed by atoms with Crippen molar-refractivity contribution in [3.63, 3.8) is 0 Å². The number of likely N-dealkylation sites (tertiary alicyclic amines) is 1. The van der Waals surface area contributed by atoms with Crippen LogP contribution in [0.1, 0.15) is 40.5 Å². The highest BCUT2D eigenvalue weighted by Gasteiger charge is 2.27. The lowest BCUT2D eigenvalue weighted by Crippen LogP contribution is -2.39. The van der Waals surface area contributed by atoms with Gasteiger partial charge in [-0.25, -0.2) is 4.39 Å². The summed E-state index contributed by atoms with van der Waals surface area (Å²) >= 11 is 0. The van der Waals surface area contributed by atoms with Crippen molar-refractivity contribution >= 4 is 5.91 Å². The zero-order valence-corrected chi connectivity index (χ0v) is 14.6. The van der Waals surface area contributed by atoms with Crippen LogP contribution in [-0.4, -0.2) is 39.1 Å². The van der Waals surface area contributed by atoms with Crippen LogP contribution < -0.4 is 0 Å². The molecule has 1 aromatic carbocycles. The lowest BCUT2D eigenvalue weighted by molar-refractivity contribution is 0.0706. The molecular weight excluding hydrogens is 331 g/mol. The molecule has 1 fully saturated rings. The topological polar surface area (TPSA) is 64.8 Å². The number of hydrogen-bond acceptors (Lipinski definition) is 2. The average Bonchev–Trinajstić information content (AvgIpc) is 3.31. The van der Waals surface area contributed by atoms with E-state index >= 15 is 0 Å². The fourth-order valence-electron chi connectivity index (χ4n) is 3.53. The summed E-state index contributed by atoms with van der Waals surface area (Å²) in [5.74, 6) is -0.150. The summed E-state index contributed by atoms with van der Waals surface area (Å²) < 4.78 is 13.1. The van der Waals surface area contributed by atoms with Crippen molar-refractivity contribution in [1.29, 1.82) is 0 Å². The summed E-state index contributed by atoms with van der Waals surface area (Å²) in [4.78, 5) is 17.8. The van der Waals surface area contributed by atoms with Crippen molar-refractivity contribution in [3.8, 4) is 11.4 Å². The SMILES string of the molecule is Cc1ccc(-c2cc([C@H]3CCCN(C(=O)c4ccc(F)cc4)C3)[nH]n2)[nH]1. The fourth-order valence-corrected chi connectivity index (χ4v) is 3.53. The van der Waals surface area contributed by atoms with E-state index in [1.807, 2.05) is 24.0 Å². The molecule has 1 saturated heterocycles. The molecule has 134 valence electrons. The Morgan fingerprint density at radius 3 is 2.77 bits per heavy atom. The number of aromatic nitrogens is 3. The van der Waals surface area contributed by atoms with E-state index in [1.54, 1.807) is 12.1 Å². The van der Waals surface area contributed by atoms with Crippen LogP contribution in [0.4, 0.5) is 4.39 Å². The fraction of sp³-hybridized carbons (Fsp3) is 0.300. The average molecular weight is 352 g/mol. The molecule has 4 rings (SSSR count). The first-order valence-corrected chi connectivity index (χ1v) is 8.86. The maximum Gasteiger partial charge on any atom is 0.253 e. The first-order chi connectivity index (χ1) is 12.6. The van der Waals surface area contributed by atoms with Gasteiger partial charge < -0.3 is 9.88 Å². The number of halogens is 1. The number of benzene rings is 1. The van der Waals surface area contributed by atoms with Gasteiger partial charge in [0.25, 0.3) is 5.91 Å². The minimum absolute atomic E-state index is 0.0468. The molecule has 1 aliphatic rings. The Morgan fingerprint density at radius 2 is 2.04 bits per heavy atom. The number of nitrogens with zero attached hydrogens (tertiary/aromatic N) is 2. The van der Waals surface area contributed by atoms with Gasteiger partial charge in [-0.3, -0.25) is 9.89 Å². The largest absolute Gasteiger partial charge is 0.357 e. The molecule has 0 unspecified atom stereocenters. The number of nitrogens with one attached hydrogen (secondary N) is 2. The Hall–Kier alpha value is -2.89. The number of carbonyl (C=O) groups excluding carboxylic acids is 1. The molecule has 5 nitrogen and oxygen atoms in total. The van der Waals surface area contributed by atoms with Gasteiger partial charge in [-0.1, -0.05) is 0 Å². The van der Waals surface area contributed by atoms with Gasteiger partial charge in [0.15, 0.2) is 0 Å². The van der Waals surface area contributed by atoms with Crippen molar-refractivity contribution in [2.45, 2.75) is 25.7 Å². The Labute approximate surface area is 151 Å². The number of hydrogen-bond donors (Lipinski definition) is 2. The smallest absolute Gasteiger partial charge is 0.253 e. The van der Waals surface area contributed by atoms with Crippen LogP contribution >= 0.6 is 0 Å². The predicted octanol–water partition coefficient (Wildman–Crippen LogP) is 3.87. The van der Waals surface area contributed by atoms with Crippen LogP contribution in [0, 0.1) is 12.7 Å². The number of piperidine rings is 1. The normalized spacial score (nSPS) is 17.5. The summed E-state index contributed by atoms with van der Waals surface area (Å²) in [7, 11) is 0. The van der Waals surface area contributed by atoms with Crippen LogP contribution in [0.3, 0.4) is 0 Å². The maximum absolute atomic E-state index is 13.1. The molecule has 2 N–H and O–H groups in total. The van der Waals surface area contributed by atoms with Gasteiger partial charge in [0.1, 0.15) is 11.5 Å². The quantitative estimate of drug-likeness (QED) is 0.751. The van der Waals surface area contributed by atoms with E-state index in [-0.39, 0.29) is 17.6 Å². The number of rotatable bonds is 3. The molecule has 6 heteroatoms. The molecule has 1 atom stereocenters. The molecule has 0 aliphatic carbocycles. The van der Waals surface area contributed by atoms with Crippen LogP contribution in [-0.2, 0) is 0 Å². The molecule has 3 aromatic rings. The minimum Gasteiger partial charge on any atom is -0.357 e. The first-order valence-electron chi connectivity index (χ1n) is 8.86. The van der Waals surface area contributed by atoms with E-state index in [9.17, 15) is 9.18 Å². The second-order valence-electron chi connectivity index (χ2n) is 6.86. The standard InChI is InChI=1S/C20H21FN4O/c1-13-4-9-17(22-13)19-11-18(23-24-19)15-3-2-10-25(12-15)20(26)14-5-7-16(21)8-6-14/h4-9,11,15,22H,2-3,10,12H2,1H3,(H,23,24)/t15-/m0/s1. The second-order valence-corrected chi connectivity index (χ2v) is 6.86. The molecule has 26 heavy (non-hydrogen) atoms. The van der Waals surface area contributed by atoms with Crippen LogP contribution in [0.25, 0.3) is 11.4 Å². The van der Waals surface area contributed by atoms with E-state index in [4.69, 9.17) is 0 Å². The van der Waals surface area contributed by atoms with Gasteiger partial charge >= 0.3 is 0 Å². The van der Waals surface area contributed by atoms with Crippen molar-refractivity contribution in [1.82, 2.24) is 20.1 Å². The summed E-state index contributed by atoms with van der Waals surface area (Å²) in [6.45, 7) is 3.38. The van der Waals surface area contributed by atoms with E-state index in [1.165, 1.54) is 12.1 Å². The number of amides is 1.